The van der Waals surface area contributed by atoms with Crippen LogP contribution in [0, 0.1) is 40.5 Å². The molecule has 0 atom stereocenters. The molecule has 0 saturated heterocycles. The van der Waals surface area contributed by atoms with Crippen LogP contribution >= 0.6 is 0 Å². The van der Waals surface area contributed by atoms with Gasteiger partial charge in [-0.15, -0.1) is 0 Å². The van der Waals surface area contributed by atoms with Crippen LogP contribution in [0.3, 0.4) is 0 Å². The molecule has 0 bridgehead atoms. The number of carboxylic acid groups (broad SMARTS) is 2. The number of nitro benzene ring substituents is 4. The van der Waals surface area contributed by atoms with E-state index in [4.69, 9.17) is 0 Å². The molecule has 2 aromatic carbocycles. The molecule has 0 radical (unpaired) electrons. The Bertz CT molecular complexity index is 963. The third kappa shape index (κ3) is 12.0. The molecule has 0 aromatic heterocycles. The Balaban J connectivity index is 0.000000569. The van der Waals surface area contributed by atoms with Gasteiger partial charge in [0.25, 0.3) is 22.7 Å². The zero-order valence-corrected chi connectivity index (χ0v) is 20.6. The fraction of sp³-hybridized carbons (Fsp3) is 0.300. The van der Waals surface area contributed by atoms with Crippen molar-refractivity contribution in [1.29, 1.82) is 0 Å². The molecule has 0 saturated carbocycles. The van der Waals surface area contributed by atoms with E-state index in [9.17, 15) is 60.3 Å². The van der Waals surface area contributed by atoms with E-state index < -0.39 is 65.5 Å². The first-order valence-electron chi connectivity index (χ1n) is 10.3. The lowest BCUT2D eigenvalue weighted by Crippen LogP contribution is -3.14. The summed E-state index contributed by atoms with van der Waals surface area (Å²) in [6.07, 6.45) is 0. The highest BCUT2D eigenvalue weighted by Crippen LogP contribution is 2.23. The van der Waals surface area contributed by atoms with E-state index in [1.54, 1.807) is 0 Å². The van der Waals surface area contributed by atoms with Gasteiger partial charge in [0.15, 0.2) is 0 Å². The first-order chi connectivity index (χ1) is 17.5. The smallest absolute Gasteiger partial charge is 0.276 e. The summed E-state index contributed by atoms with van der Waals surface area (Å²) >= 11 is 0. The minimum Gasteiger partial charge on any atom is -0.545 e. The minimum atomic E-state index is -1.71. The lowest BCUT2D eigenvalue weighted by Gasteiger charge is -2.09. The maximum Gasteiger partial charge on any atom is 0.276 e. The largest absolute Gasteiger partial charge is 0.545 e. The predicted octanol–water partition coefficient (Wildman–Crippen LogP) is -2.99. The quantitative estimate of drug-likeness (QED) is 0.238. The zero-order valence-electron chi connectivity index (χ0n) is 20.6. The second-order valence-corrected chi connectivity index (χ2v) is 7.99. The van der Waals surface area contributed by atoms with Gasteiger partial charge in [-0.25, -0.2) is 0 Å². The molecule has 2 aromatic rings. The Morgan fingerprint density at radius 1 is 0.553 bits per heavy atom. The van der Waals surface area contributed by atoms with E-state index >= 15 is 0 Å². The molecule has 0 spiro atoms. The van der Waals surface area contributed by atoms with Crippen LogP contribution < -0.4 is 20.0 Å². The summed E-state index contributed by atoms with van der Waals surface area (Å²) in [5, 5.41) is 62.1. The predicted molar refractivity (Wildman–Crippen MR) is 124 cm³/mol. The fourth-order valence-corrected chi connectivity index (χ4v) is 2.35. The number of nitrogens with zero attached hydrogens (tertiary/aromatic N) is 4. The summed E-state index contributed by atoms with van der Waals surface area (Å²) in [7, 11) is 8.73. The molecule has 0 aliphatic rings. The van der Waals surface area contributed by atoms with Gasteiger partial charge in [0, 0.05) is 35.4 Å². The van der Waals surface area contributed by atoms with Crippen molar-refractivity contribution in [2.24, 2.45) is 0 Å². The molecule has 2 N–H and O–H groups in total. The van der Waals surface area contributed by atoms with Crippen molar-refractivity contribution in [1.82, 2.24) is 0 Å². The summed E-state index contributed by atoms with van der Waals surface area (Å²) in [5.41, 5.74) is -3.86. The SMILES string of the molecule is C[NH+](C)CC[NH+](C)C.O=C([O-])c1cc([N+](=O)[O-])cc([N+](=O)[O-])c1.O=C([O-])c1cc([N+](=O)[O-])cc([N+](=O)[O-])c1. The molecule has 206 valence electrons. The van der Waals surface area contributed by atoms with Crippen molar-refractivity contribution in [3.8, 4) is 0 Å². The summed E-state index contributed by atoms with van der Waals surface area (Å²) in [5.74, 6) is -3.41. The number of likely N-dealkylation sites (N-methyl/N-ethyl adjacent to an activating group) is 2. The molecule has 0 amide bonds. The number of rotatable bonds is 9. The van der Waals surface area contributed by atoms with Gasteiger partial charge < -0.3 is 29.6 Å². The van der Waals surface area contributed by atoms with Gasteiger partial charge in [0.1, 0.15) is 13.1 Å². The van der Waals surface area contributed by atoms with Crippen LogP contribution in [0.15, 0.2) is 36.4 Å². The second-order valence-electron chi connectivity index (χ2n) is 7.99. The van der Waals surface area contributed by atoms with Crippen molar-refractivity contribution in [2.75, 3.05) is 41.3 Å². The molecule has 0 aliphatic heterocycles. The fourth-order valence-electron chi connectivity index (χ4n) is 2.35. The maximum absolute atomic E-state index is 10.4. The summed E-state index contributed by atoms with van der Waals surface area (Å²) in [4.78, 5) is 61.5. The number of nitro groups is 4. The Hall–Kier alpha value is -5.10. The van der Waals surface area contributed by atoms with Crippen molar-refractivity contribution >= 4 is 34.7 Å². The topological polar surface area (TPSA) is 262 Å². The zero-order chi connectivity index (χ0) is 29.7. The van der Waals surface area contributed by atoms with Crippen LogP contribution in [0.1, 0.15) is 20.7 Å². The van der Waals surface area contributed by atoms with Gasteiger partial charge in [-0.05, 0) is 0 Å². The van der Waals surface area contributed by atoms with Crippen molar-refractivity contribution in [3.05, 3.63) is 88.0 Å². The lowest BCUT2D eigenvalue weighted by atomic mass is 10.2. The van der Waals surface area contributed by atoms with Crippen LogP contribution in [0.4, 0.5) is 22.7 Å². The van der Waals surface area contributed by atoms with Crippen LogP contribution in [-0.2, 0) is 0 Å². The van der Waals surface area contributed by atoms with Crippen LogP contribution in [-0.4, -0.2) is 72.9 Å². The highest BCUT2D eigenvalue weighted by Gasteiger charge is 2.17. The van der Waals surface area contributed by atoms with Crippen LogP contribution in [0.25, 0.3) is 0 Å². The van der Waals surface area contributed by atoms with Crippen LogP contribution in [0.5, 0.6) is 0 Å². The lowest BCUT2D eigenvalue weighted by molar-refractivity contribution is -0.918. The number of carbonyl (C=O) groups excluding carboxylic acids is 2. The van der Waals surface area contributed by atoms with Gasteiger partial charge in [0.2, 0.25) is 0 Å². The average molecular weight is 540 g/mol. The molecule has 18 nitrogen and oxygen atoms in total. The Kier molecular flexibility index (Phi) is 13.1. The normalized spacial score (nSPS) is 9.95. The van der Waals surface area contributed by atoms with E-state index in [0.717, 1.165) is 0 Å². The molecule has 0 aliphatic carbocycles. The van der Waals surface area contributed by atoms with Gasteiger partial charge in [-0.2, -0.15) is 0 Å². The molecule has 0 unspecified atom stereocenters. The number of quaternary nitrogens is 2. The first kappa shape index (κ1) is 32.9. The molecule has 2 rings (SSSR count). The molecule has 0 heterocycles. The van der Waals surface area contributed by atoms with E-state index in [-0.39, 0.29) is 0 Å². The average Bonchev–Trinajstić information content (AvgIpc) is 2.82. The molecule has 38 heavy (non-hydrogen) atoms. The van der Waals surface area contributed by atoms with Crippen molar-refractivity contribution < 1.29 is 49.3 Å². The Morgan fingerprint density at radius 2 is 0.763 bits per heavy atom. The van der Waals surface area contributed by atoms with E-state index in [0.29, 0.717) is 36.4 Å². The maximum atomic E-state index is 10.4. The molecule has 18 heteroatoms. The second kappa shape index (κ2) is 15.1. The van der Waals surface area contributed by atoms with Crippen LogP contribution in [0.2, 0.25) is 0 Å². The number of benzene rings is 2. The molecular weight excluding hydrogens is 516 g/mol. The summed E-state index contributed by atoms with van der Waals surface area (Å²) < 4.78 is 0. The summed E-state index contributed by atoms with van der Waals surface area (Å²) in [6.45, 7) is 2.53. The number of aromatic carboxylic acids is 2. The minimum absolute atomic E-state index is 0.601. The van der Waals surface area contributed by atoms with Gasteiger partial charge in [-0.1, -0.05) is 0 Å². The Morgan fingerprint density at radius 3 is 0.895 bits per heavy atom. The number of nitrogens with one attached hydrogen (secondary N) is 2. The Labute approximate surface area is 213 Å². The summed E-state index contributed by atoms with van der Waals surface area (Å²) in [6, 6.07) is 4.13. The van der Waals surface area contributed by atoms with Gasteiger partial charge in [-0.3, -0.25) is 40.5 Å². The number of carbonyl (C=O) groups is 2. The van der Waals surface area contributed by atoms with E-state index in [1.165, 1.54) is 22.9 Å². The van der Waals surface area contributed by atoms with Crippen molar-refractivity contribution in [2.45, 2.75) is 0 Å². The van der Waals surface area contributed by atoms with Gasteiger partial charge >= 0.3 is 0 Å². The monoisotopic (exact) mass is 540 g/mol. The van der Waals surface area contributed by atoms with Gasteiger partial charge in [0.05, 0.1) is 72.0 Å². The van der Waals surface area contributed by atoms with E-state index in [2.05, 4.69) is 28.2 Å². The molecule has 0 fully saturated rings. The number of hydrogen-bond donors (Lipinski definition) is 2. The number of hydrogen-bond acceptors (Lipinski definition) is 12. The molecular formula is C20H24N6O12. The van der Waals surface area contributed by atoms with Crippen molar-refractivity contribution in [3.63, 3.8) is 0 Å². The standard InChI is InChI=1S/2C7H4N2O6.C6H16N2/c2*10-7(11)4-1-5(8(12)13)3-6(2-4)9(14)15;1-7(2)5-6-8(3)4/h2*1-3H,(H,10,11);5-6H2,1-4H3. The number of carboxylic acids is 2. The van der Waals surface area contributed by atoms with E-state index in [1.807, 2.05) is 0 Å². The number of non-ortho nitro benzene ring substituents is 4. The highest BCUT2D eigenvalue weighted by molar-refractivity contribution is 5.88. The highest BCUT2D eigenvalue weighted by atomic mass is 16.6. The third-order valence-electron chi connectivity index (χ3n) is 4.24. The third-order valence-corrected chi connectivity index (χ3v) is 4.24. The first-order valence-corrected chi connectivity index (χ1v) is 10.3.